The average Bonchev–Trinajstić information content (AvgIpc) is 1.64. The summed E-state index contributed by atoms with van der Waals surface area (Å²) in [5.41, 5.74) is 0. The van der Waals surface area contributed by atoms with Gasteiger partial charge in [-0.05, 0) is 18.0 Å². The molecule has 0 aliphatic heterocycles. The van der Waals surface area contributed by atoms with Crippen molar-refractivity contribution >= 4 is 17.0 Å². The van der Waals surface area contributed by atoms with Gasteiger partial charge in [-0.2, -0.15) is 0 Å². The maximum Gasteiger partial charge on any atom is 0.317 e. The molecule has 4 nitrogen and oxygen atoms in total. The lowest BCUT2D eigenvalue weighted by molar-refractivity contribution is -0.136. The minimum Gasteiger partial charge on any atom is -0.772 e. The topological polar surface area (TPSA) is 77.4 Å². The molecule has 0 bridgehead atoms. The standard InChI is InChI=1S/C3H6O4S/c1-2(3(4)5)8(6)7/h2H,1H3,(H,4,5)(H,6,7)/p-1. The van der Waals surface area contributed by atoms with Crippen molar-refractivity contribution in [1.82, 2.24) is 0 Å². The second-order valence-electron chi connectivity index (χ2n) is 1.24. The Kier molecular flexibility index (Phi) is 2.64. The van der Waals surface area contributed by atoms with Crippen LogP contribution in [0.3, 0.4) is 0 Å². The van der Waals surface area contributed by atoms with Crippen LogP contribution in [0.2, 0.25) is 0 Å². The first kappa shape index (κ1) is 7.58. The molecule has 0 rings (SSSR count). The molecular weight excluding hydrogens is 132 g/mol. The van der Waals surface area contributed by atoms with Crippen LogP contribution in [0.4, 0.5) is 0 Å². The van der Waals surface area contributed by atoms with E-state index in [1.807, 2.05) is 0 Å². The number of hydrogen-bond acceptors (Lipinski definition) is 3. The van der Waals surface area contributed by atoms with E-state index in [9.17, 15) is 13.6 Å². The molecule has 0 aliphatic rings. The molecule has 0 radical (unpaired) electrons. The highest BCUT2D eigenvalue weighted by Crippen LogP contribution is 1.89. The second kappa shape index (κ2) is 2.78. The second-order valence-corrected chi connectivity index (χ2v) is 2.47. The number of carboxylic acid groups (broad SMARTS) is 1. The first-order valence-corrected chi connectivity index (χ1v) is 3.00. The Morgan fingerprint density at radius 1 is 1.88 bits per heavy atom. The third-order valence-electron chi connectivity index (χ3n) is 0.636. The van der Waals surface area contributed by atoms with Gasteiger partial charge >= 0.3 is 5.97 Å². The van der Waals surface area contributed by atoms with Crippen molar-refractivity contribution in [3.05, 3.63) is 0 Å². The van der Waals surface area contributed by atoms with Gasteiger partial charge < -0.3 is 9.66 Å². The Balaban J connectivity index is 3.83. The molecule has 0 aliphatic carbocycles. The Bertz CT molecular complexity index is 106. The molecule has 0 aromatic carbocycles. The number of rotatable bonds is 2. The van der Waals surface area contributed by atoms with Crippen LogP contribution in [-0.2, 0) is 15.9 Å². The van der Waals surface area contributed by atoms with Gasteiger partial charge in [0.25, 0.3) is 0 Å². The lowest BCUT2D eigenvalue weighted by Gasteiger charge is -2.07. The maximum absolute atomic E-state index is 9.76. The predicted molar refractivity (Wildman–Crippen MR) is 26.0 cm³/mol. The summed E-state index contributed by atoms with van der Waals surface area (Å²) in [7, 11) is 0. The molecule has 0 saturated heterocycles. The van der Waals surface area contributed by atoms with E-state index in [-0.39, 0.29) is 0 Å². The van der Waals surface area contributed by atoms with Gasteiger partial charge in [-0.15, -0.1) is 0 Å². The van der Waals surface area contributed by atoms with Crippen molar-refractivity contribution in [3.63, 3.8) is 0 Å². The Hall–Kier alpha value is -0.420. The van der Waals surface area contributed by atoms with Gasteiger partial charge in [-0.3, -0.25) is 9.00 Å². The molecule has 0 aromatic rings. The summed E-state index contributed by atoms with van der Waals surface area (Å²) < 4.78 is 19.5. The largest absolute Gasteiger partial charge is 0.772 e. The Morgan fingerprint density at radius 2 is 2.25 bits per heavy atom. The Morgan fingerprint density at radius 3 is 2.25 bits per heavy atom. The monoisotopic (exact) mass is 137 g/mol. The molecule has 0 heterocycles. The number of carboxylic acids is 1. The summed E-state index contributed by atoms with van der Waals surface area (Å²) in [6.07, 6.45) is 0. The van der Waals surface area contributed by atoms with Gasteiger partial charge in [-0.1, -0.05) is 0 Å². The molecule has 2 unspecified atom stereocenters. The molecule has 5 heteroatoms. The van der Waals surface area contributed by atoms with Gasteiger partial charge in [0.2, 0.25) is 0 Å². The first-order chi connectivity index (χ1) is 3.55. The molecule has 1 N–H and O–H groups in total. The zero-order valence-corrected chi connectivity index (χ0v) is 4.97. The SMILES string of the molecule is CC(C(=O)O)S(=O)[O-]. The summed E-state index contributed by atoms with van der Waals surface area (Å²) in [5, 5.41) is 6.66. The zero-order chi connectivity index (χ0) is 6.73. The van der Waals surface area contributed by atoms with Crippen LogP contribution in [0.15, 0.2) is 0 Å². The zero-order valence-electron chi connectivity index (χ0n) is 4.16. The van der Waals surface area contributed by atoms with Gasteiger partial charge in [0.1, 0.15) is 5.25 Å². The molecule has 0 saturated carbocycles. The van der Waals surface area contributed by atoms with Crippen molar-refractivity contribution in [1.29, 1.82) is 0 Å². The summed E-state index contributed by atoms with van der Waals surface area (Å²) in [4.78, 5) is 9.75. The van der Waals surface area contributed by atoms with E-state index >= 15 is 0 Å². The molecule has 0 aromatic heterocycles. The summed E-state index contributed by atoms with van der Waals surface area (Å²) in [6, 6.07) is 0. The molecule has 2 atom stereocenters. The van der Waals surface area contributed by atoms with E-state index in [2.05, 4.69) is 0 Å². The average molecular weight is 137 g/mol. The lowest BCUT2D eigenvalue weighted by Crippen LogP contribution is -2.20. The third-order valence-corrected chi connectivity index (χ3v) is 1.42. The van der Waals surface area contributed by atoms with E-state index in [1.54, 1.807) is 0 Å². The number of aliphatic carboxylic acids is 1. The van der Waals surface area contributed by atoms with Crippen molar-refractivity contribution in [2.75, 3.05) is 0 Å². The van der Waals surface area contributed by atoms with Crippen LogP contribution in [0, 0.1) is 0 Å². The third kappa shape index (κ3) is 2.04. The summed E-state index contributed by atoms with van der Waals surface area (Å²) in [6.45, 7) is 1.10. The highest BCUT2D eigenvalue weighted by Gasteiger charge is 2.09. The van der Waals surface area contributed by atoms with E-state index < -0.39 is 22.3 Å². The van der Waals surface area contributed by atoms with Crippen LogP contribution in [0.5, 0.6) is 0 Å². The van der Waals surface area contributed by atoms with Crippen molar-refractivity contribution in [2.24, 2.45) is 0 Å². The van der Waals surface area contributed by atoms with Crippen molar-refractivity contribution in [2.45, 2.75) is 12.2 Å². The summed E-state index contributed by atoms with van der Waals surface area (Å²) in [5.74, 6) is -1.32. The molecular formula is C3H5O4S-. The highest BCUT2D eigenvalue weighted by atomic mass is 32.2. The normalized spacial score (nSPS) is 17.2. The van der Waals surface area contributed by atoms with Crippen LogP contribution < -0.4 is 0 Å². The van der Waals surface area contributed by atoms with E-state index in [0.29, 0.717) is 0 Å². The number of carbonyl (C=O) groups is 1. The van der Waals surface area contributed by atoms with Crippen LogP contribution >= 0.6 is 0 Å². The maximum atomic E-state index is 9.76. The molecule has 48 valence electrons. The van der Waals surface area contributed by atoms with Gasteiger partial charge in [0.15, 0.2) is 0 Å². The van der Waals surface area contributed by atoms with Crippen LogP contribution in [0.25, 0.3) is 0 Å². The molecule has 0 fully saturated rings. The summed E-state index contributed by atoms with van der Waals surface area (Å²) >= 11 is -2.49. The fourth-order valence-electron chi connectivity index (χ4n) is 0.0823. The smallest absolute Gasteiger partial charge is 0.317 e. The molecule has 0 spiro atoms. The minimum atomic E-state index is -2.49. The van der Waals surface area contributed by atoms with Crippen molar-refractivity contribution < 1.29 is 18.7 Å². The number of hydrogen-bond donors (Lipinski definition) is 1. The fourth-order valence-corrected chi connectivity index (χ4v) is 0.247. The molecule has 8 heavy (non-hydrogen) atoms. The van der Waals surface area contributed by atoms with Crippen LogP contribution in [-0.4, -0.2) is 25.1 Å². The van der Waals surface area contributed by atoms with E-state index in [1.165, 1.54) is 0 Å². The van der Waals surface area contributed by atoms with Gasteiger partial charge in [0, 0.05) is 0 Å². The predicted octanol–water partition coefficient (Wildman–Crippen LogP) is -0.661. The highest BCUT2D eigenvalue weighted by molar-refractivity contribution is 7.80. The van der Waals surface area contributed by atoms with Crippen LogP contribution in [0.1, 0.15) is 6.92 Å². The Labute approximate surface area is 48.8 Å². The van der Waals surface area contributed by atoms with Gasteiger partial charge in [0.05, 0.1) is 0 Å². The molecule has 0 amide bonds. The quantitative estimate of drug-likeness (QED) is 0.512. The lowest BCUT2D eigenvalue weighted by atomic mass is 10.5. The van der Waals surface area contributed by atoms with E-state index in [0.717, 1.165) is 6.92 Å². The first-order valence-electron chi connectivity index (χ1n) is 1.86. The van der Waals surface area contributed by atoms with Gasteiger partial charge in [-0.25, -0.2) is 0 Å². The van der Waals surface area contributed by atoms with E-state index in [4.69, 9.17) is 5.11 Å². The fraction of sp³-hybridized carbons (Fsp3) is 0.667. The minimum absolute atomic E-state index is 1.10. The van der Waals surface area contributed by atoms with Crippen molar-refractivity contribution in [3.8, 4) is 0 Å².